The Balaban J connectivity index is 1.44. The maximum atomic E-state index is 13.7. The number of thiazole rings is 1. The molecule has 28 heavy (non-hydrogen) atoms. The van der Waals surface area contributed by atoms with Crippen LogP contribution in [0.3, 0.4) is 0 Å². The van der Waals surface area contributed by atoms with E-state index in [0.717, 1.165) is 28.3 Å². The first-order valence-electron chi connectivity index (χ1n) is 9.05. The molecule has 0 bridgehead atoms. The number of benzene rings is 2. The molecule has 0 spiro atoms. The number of carbonyl (C=O) groups excluding carboxylic acids is 1. The van der Waals surface area contributed by atoms with E-state index in [2.05, 4.69) is 36.2 Å². The first-order chi connectivity index (χ1) is 13.4. The van der Waals surface area contributed by atoms with Crippen LogP contribution in [0.25, 0.3) is 10.2 Å². The Labute approximate surface area is 165 Å². The van der Waals surface area contributed by atoms with Crippen molar-refractivity contribution in [3.63, 3.8) is 0 Å². The van der Waals surface area contributed by atoms with Crippen molar-refractivity contribution in [1.82, 2.24) is 9.88 Å². The molecule has 0 radical (unpaired) electrons. The number of halogens is 2. The van der Waals surface area contributed by atoms with Crippen molar-refractivity contribution in [1.29, 1.82) is 0 Å². The Kier molecular flexibility index (Phi) is 4.89. The van der Waals surface area contributed by atoms with E-state index < -0.39 is 23.4 Å². The van der Waals surface area contributed by atoms with Gasteiger partial charge in [-0.1, -0.05) is 29.5 Å². The monoisotopic (exact) mass is 402 g/mol. The van der Waals surface area contributed by atoms with Gasteiger partial charge in [0.2, 0.25) is 0 Å². The SMILES string of the molecule is Cc1ccc(C)c2sc(N3CCN(C(=O)Nc4c(F)cccc4F)CC3)nc12. The number of para-hydroxylation sites is 1. The minimum Gasteiger partial charge on any atom is -0.345 e. The van der Waals surface area contributed by atoms with E-state index in [9.17, 15) is 13.6 Å². The number of hydrogen-bond acceptors (Lipinski definition) is 4. The van der Waals surface area contributed by atoms with Gasteiger partial charge in [-0.3, -0.25) is 0 Å². The number of carbonyl (C=O) groups is 1. The molecule has 8 heteroatoms. The molecule has 1 saturated heterocycles. The molecule has 1 aliphatic heterocycles. The lowest BCUT2D eigenvalue weighted by atomic mass is 10.1. The summed E-state index contributed by atoms with van der Waals surface area (Å²) >= 11 is 1.66. The van der Waals surface area contributed by atoms with Crippen molar-refractivity contribution in [3.05, 3.63) is 53.1 Å². The third kappa shape index (κ3) is 3.40. The summed E-state index contributed by atoms with van der Waals surface area (Å²) in [5, 5.41) is 3.28. The molecular weight excluding hydrogens is 382 g/mol. The van der Waals surface area contributed by atoms with Gasteiger partial charge in [-0.15, -0.1) is 0 Å². The number of amides is 2. The quantitative estimate of drug-likeness (QED) is 0.684. The fourth-order valence-electron chi connectivity index (χ4n) is 3.29. The van der Waals surface area contributed by atoms with Crippen LogP contribution in [0.5, 0.6) is 0 Å². The van der Waals surface area contributed by atoms with Crippen LogP contribution in [-0.4, -0.2) is 42.1 Å². The number of nitrogens with zero attached hydrogens (tertiary/aromatic N) is 3. The normalized spacial score (nSPS) is 14.6. The number of piperazine rings is 1. The second-order valence-corrected chi connectivity index (χ2v) is 7.85. The predicted octanol–water partition coefficient (Wildman–Crippen LogP) is 4.55. The molecule has 0 aliphatic carbocycles. The summed E-state index contributed by atoms with van der Waals surface area (Å²) in [6.45, 7) is 6.27. The zero-order chi connectivity index (χ0) is 19.8. The molecule has 1 fully saturated rings. The minimum absolute atomic E-state index is 0.410. The molecule has 5 nitrogen and oxygen atoms in total. The average molecular weight is 402 g/mol. The minimum atomic E-state index is -0.785. The number of aromatic nitrogens is 1. The molecule has 4 rings (SSSR count). The van der Waals surface area contributed by atoms with Crippen molar-refractivity contribution < 1.29 is 13.6 Å². The molecule has 2 heterocycles. The summed E-state index contributed by atoms with van der Waals surface area (Å²) in [7, 11) is 0. The van der Waals surface area contributed by atoms with Gasteiger partial charge in [0.25, 0.3) is 0 Å². The van der Waals surface area contributed by atoms with Gasteiger partial charge in [-0.25, -0.2) is 18.6 Å². The number of urea groups is 1. The van der Waals surface area contributed by atoms with Gasteiger partial charge in [-0.2, -0.15) is 0 Å². The highest BCUT2D eigenvalue weighted by molar-refractivity contribution is 7.22. The van der Waals surface area contributed by atoms with Gasteiger partial charge in [0, 0.05) is 26.2 Å². The molecule has 0 saturated carbocycles. The van der Waals surface area contributed by atoms with Crippen LogP contribution in [-0.2, 0) is 0 Å². The number of anilines is 2. The van der Waals surface area contributed by atoms with Crippen LogP contribution in [0.4, 0.5) is 24.4 Å². The molecule has 2 aromatic carbocycles. The van der Waals surface area contributed by atoms with Crippen molar-refractivity contribution in [2.24, 2.45) is 0 Å². The Morgan fingerprint density at radius 1 is 1.04 bits per heavy atom. The highest BCUT2D eigenvalue weighted by atomic mass is 32.1. The van der Waals surface area contributed by atoms with E-state index in [1.54, 1.807) is 16.2 Å². The van der Waals surface area contributed by atoms with Crippen LogP contribution >= 0.6 is 11.3 Å². The van der Waals surface area contributed by atoms with Gasteiger partial charge in [0.1, 0.15) is 17.3 Å². The van der Waals surface area contributed by atoms with Crippen molar-refractivity contribution >= 4 is 38.4 Å². The Bertz CT molecular complexity index is 985. The third-order valence-electron chi connectivity index (χ3n) is 4.96. The summed E-state index contributed by atoms with van der Waals surface area (Å²) in [5.74, 6) is -1.57. The molecule has 2 amide bonds. The van der Waals surface area contributed by atoms with E-state index >= 15 is 0 Å². The number of rotatable bonds is 2. The smallest absolute Gasteiger partial charge is 0.322 e. The Morgan fingerprint density at radius 3 is 2.32 bits per heavy atom. The Morgan fingerprint density at radius 2 is 1.68 bits per heavy atom. The summed E-state index contributed by atoms with van der Waals surface area (Å²) < 4.78 is 28.7. The topological polar surface area (TPSA) is 48.5 Å². The van der Waals surface area contributed by atoms with Gasteiger partial charge in [0.15, 0.2) is 5.13 Å². The zero-order valence-corrected chi connectivity index (χ0v) is 16.4. The molecule has 1 N–H and O–H groups in total. The predicted molar refractivity (Wildman–Crippen MR) is 108 cm³/mol. The number of fused-ring (bicyclic) bond motifs is 1. The first kappa shape index (κ1) is 18.6. The average Bonchev–Trinajstić information content (AvgIpc) is 3.15. The third-order valence-corrected chi connectivity index (χ3v) is 6.21. The number of aryl methyl sites for hydroxylation is 2. The van der Waals surface area contributed by atoms with E-state index in [4.69, 9.17) is 4.98 Å². The Hall–Kier alpha value is -2.74. The summed E-state index contributed by atoms with van der Waals surface area (Å²) in [6, 6.07) is 7.18. The fraction of sp³-hybridized carbons (Fsp3) is 0.300. The molecule has 146 valence electrons. The van der Waals surface area contributed by atoms with Crippen LogP contribution < -0.4 is 10.2 Å². The van der Waals surface area contributed by atoms with E-state index in [-0.39, 0.29) is 0 Å². The first-order valence-corrected chi connectivity index (χ1v) is 9.87. The lowest BCUT2D eigenvalue weighted by Crippen LogP contribution is -2.50. The second kappa shape index (κ2) is 7.35. The highest BCUT2D eigenvalue weighted by Crippen LogP contribution is 2.33. The highest BCUT2D eigenvalue weighted by Gasteiger charge is 2.25. The molecule has 0 atom stereocenters. The standard InChI is InChI=1S/C20H20F2N4OS/c1-12-6-7-13(2)18-16(12)24-20(28-18)26-10-8-25(9-11-26)19(27)23-17-14(21)4-3-5-15(17)22/h3-7H,8-11H2,1-2H3,(H,23,27). The molecule has 0 unspecified atom stereocenters. The number of hydrogen-bond donors (Lipinski definition) is 1. The zero-order valence-electron chi connectivity index (χ0n) is 15.6. The summed E-state index contributed by atoms with van der Waals surface area (Å²) in [5.41, 5.74) is 2.96. The van der Waals surface area contributed by atoms with Crippen LogP contribution in [0, 0.1) is 25.5 Å². The van der Waals surface area contributed by atoms with Gasteiger partial charge < -0.3 is 15.1 Å². The molecule has 1 aromatic heterocycles. The van der Waals surface area contributed by atoms with Crippen LogP contribution in [0.2, 0.25) is 0 Å². The van der Waals surface area contributed by atoms with E-state index in [1.807, 2.05) is 0 Å². The van der Waals surface area contributed by atoms with Gasteiger partial charge >= 0.3 is 6.03 Å². The summed E-state index contributed by atoms with van der Waals surface area (Å²) in [6.07, 6.45) is 0. The van der Waals surface area contributed by atoms with Gasteiger partial charge in [-0.05, 0) is 37.1 Å². The largest absolute Gasteiger partial charge is 0.345 e. The lowest BCUT2D eigenvalue weighted by molar-refractivity contribution is 0.208. The molecule has 3 aromatic rings. The van der Waals surface area contributed by atoms with Gasteiger partial charge in [0.05, 0.1) is 10.2 Å². The van der Waals surface area contributed by atoms with Crippen LogP contribution in [0.15, 0.2) is 30.3 Å². The maximum Gasteiger partial charge on any atom is 0.322 e. The second-order valence-electron chi connectivity index (χ2n) is 6.87. The lowest BCUT2D eigenvalue weighted by Gasteiger charge is -2.34. The summed E-state index contributed by atoms with van der Waals surface area (Å²) in [4.78, 5) is 20.9. The maximum absolute atomic E-state index is 13.7. The van der Waals surface area contributed by atoms with Crippen molar-refractivity contribution in [3.8, 4) is 0 Å². The van der Waals surface area contributed by atoms with Crippen LogP contribution in [0.1, 0.15) is 11.1 Å². The molecule has 1 aliphatic rings. The fourth-order valence-corrected chi connectivity index (χ4v) is 4.45. The number of nitrogens with one attached hydrogen (secondary N) is 1. The molecular formula is C20H20F2N4OS. The van der Waals surface area contributed by atoms with Crippen molar-refractivity contribution in [2.75, 3.05) is 36.4 Å². The van der Waals surface area contributed by atoms with E-state index in [0.29, 0.717) is 26.2 Å². The van der Waals surface area contributed by atoms with Crippen molar-refractivity contribution in [2.45, 2.75) is 13.8 Å². The van der Waals surface area contributed by atoms with E-state index in [1.165, 1.54) is 16.3 Å².